The van der Waals surface area contributed by atoms with Crippen molar-refractivity contribution in [3.63, 3.8) is 0 Å². The number of benzene rings is 3. The van der Waals surface area contributed by atoms with E-state index in [1.807, 2.05) is 37.3 Å². The van der Waals surface area contributed by atoms with Crippen LogP contribution in [-0.2, 0) is 11.2 Å². The number of hydrogen-bond acceptors (Lipinski definition) is 4. The molecule has 0 radical (unpaired) electrons. The van der Waals surface area contributed by atoms with Crippen molar-refractivity contribution in [3.05, 3.63) is 120 Å². The van der Waals surface area contributed by atoms with E-state index < -0.39 is 23.7 Å². The van der Waals surface area contributed by atoms with Crippen molar-refractivity contribution in [2.45, 2.75) is 19.4 Å². The molecule has 1 atom stereocenters. The predicted molar refractivity (Wildman–Crippen MR) is 129 cm³/mol. The van der Waals surface area contributed by atoms with Gasteiger partial charge in [0.05, 0.1) is 6.20 Å². The monoisotopic (exact) mass is 454 g/mol. The molecule has 0 aliphatic carbocycles. The number of aryl methyl sites for hydroxylation is 1. The van der Waals surface area contributed by atoms with Crippen LogP contribution in [0.4, 0.5) is 15.8 Å². The Kier molecular flexibility index (Phi) is 7.03. The lowest BCUT2D eigenvalue weighted by Crippen LogP contribution is -2.42. The molecular formula is C27H23FN4O2. The lowest BCUT2D eigenvalue weighted by atomic mass is 10.0. The fraction of sp³-hybridized carbons (Fsp3) is 0.111. The van der Waals surface area contributed by atoms with Gasteiger partial charge in [-0.05, 0) is 53.9 Å². The minimum absolute atomic E-state index is 0.109. The molecule has 0 aliphatic heterocycles. The van der Waals surface area contributed by atoms with E-state index in [2.05, 4.69) is 15.3 Å². The zero-order chi connectivity index (χ0) is 23.9. The zero-order valence-electron chi connectivity index (χ0n) is 18.6. The molecule has 4 aromatic rings. The number of halogens is 1. The first-order valence-electron chi connectivity index (χ1n) is 10.9. The van der Waals surface area contributed by atoms with Crippen LogP contribution in [0.3, 0.4) is 0 Å². The van der Waals surface area contributed by atoms with E-state index in [0.717, 1.165) is 12.0 Å². The van der Waals surface area contributed by atoms with Gasteiger partial charge < -0.3 is 5.32 Å². The summed E-state index contributed by atoms with van der Waals surface area (Å²) in [5.74, 6) is -1.33. The van der Waals surface area contributed by atoms with Gasteiger partial charge in [-0.15, -0.1) is 0 Å². The van der Waals surface area contributed by atoms with E-state index in [1.54, 1.807) is 24.3 Å². The van der Waals surface area contributed by atoms with Crippen molar-refractivity contribution in [2.75, 3.05) is 10.2 Å². The number of rotatable bonds is 7. The first-order chi connectivity index (χ1) is 16.6. The minimum Gasteiger partial charge on any atom is -0.324 e. The van der Waals surface area contributed by atoms with Crippen LogP contribution < -0.4 is 10.2 Å². The Morgan fingerprint density at radius 3 is 2.26 bits per heavy atom. The maximum Gasteiger partial charge on any atom is 0.279 e. The first-order valence-corrected chi connectivity index (χ1v) is 10.9. The average Bonchev–Trinajstić information content (AvgIpc) is 2.89. The van der Waals surface area contributed by atoms with Crippen LogP contribution in [0.5, 0.6) is 0 Å². The van der Waals surface area contributed by atoms with Gasteiger partial charge in [-0.25, -0.2) is 9.37 Å². The topological polar surface area (TPSA) is 75.2 Å². The van der Waals surface area contributed by atoms with E-state index in [9.17, 15) is 14.0 Å². The van der Waals surface area contributed by atoms with Crippen molar-refractivity contribution in [1.82, 2.24) is 9.97 Å². The molecule has 4 rings (SSSR count). The third-order valence-corrected chi connectivity index (χ3v) is 5.36. The van der Waals surface area contributed by atoms with Gasteiger partial charge in [0.2, 0.25) is 0 Å². The summed E-state index contributed by atoms with van der Waals surface area (Å²) < 4.78 is 13.4. The molecule has 0 aliphatic rings. The molecule has 1 aromatic heterocycles. The summed E-state index contributed by atoms with van der Waals surface area (Å²) >= 11 is 0. The Balaban J connectivity index is 1.82. The molecule has 0 saturated heterocycles. The molecule has 1 heterocycles. The average molecular weight is 455 g/mol. The quantitative estimate of drug-likeness (QED) is 0.416. The molecule has 0 unspecified atom stereocenters. The molecule has 0 bridgehead atoms. The Bertz CT molecular complexity index is 1250. The Morgan fingerprint density at radius 2 is 1.65 bits per heavy atom. The summed E-state index contributed by atoms with van der Waals surface area (Å²) in [6.07, 6.45) is 5.12. The highest BCUT2D eigenvalue weighted by molar-refractivity contribution is 6.11. The summed E-state index contributed by atoms with van der Waals surface area (Å²) in [6.45, 7) is 2.04. The highest BCUT2D eigenvalue weighted by atomic mass is 19.1. The first kappa shape index (κ1) is 22.8. The Hall–Kier alpha value is -4.39. The third-order valence-electron chi connectivity index (χ3n) is 5.36. The van der Waals surface area contributed by atoms with Crippen molar-refractivity contribution in [2.24, 2.45) is 0 Å². The molecule has 7 heteroatoms. The molecule has 6 nitrogen and oxygen atoms in total. The largest absolute Gasteiger partial charge is 0.324 e. The highest BCUT2D eigenvalue weighted by Gasteiger charge is 2.34. The molecule has 170 valence electrons. The minimum atomic E-state index is -1.02. The second-order valence-electron chi connectivity index (χ2n) is 7.60. The van der Waals surface area contributed by atoms with Gasteiger partial charge in [-0.3, -0.25) is 19.5 Å². The van der Waals surface area contributed by atoms with Gasteiger partial charge in [0.1, 0.15) is 17.6 Å². The summed E-state index contributed by atoms with van der Waals surface area (Å²) in [7, 11) is 0. The fourth-order valence-corrected chi connectivity index (χ4v) is 3.61. The normalized spacial score (nSPS) is 11.5. The van der Waals surface area contributed by atoms with E-state index in [-0.39, 0.29) is 5.69 Å². The highest BCUT2D eigenvalue weighted by Crippen LogP contribution is 2.31. The summed E-state index contributed by atoms with van der Waals surface area (Å²) in [4.78, 5) is 36.9. The molecule has 1 N–H and O–H groups in total. The number of carbonyl (C=O) groups excluding carboxylic acids is 2. The van der Waals surface area contributed by atoms with Crippen molar-refractivity contribution in [1.29, 1.82) is 0 Å². The van der Waals surface area contributed by atoms with Gasteiger partial charge in [0, 0.05) is 23.8 Å². The number of nitrogens with one attached hydrogen (secondary N) is 1. The second kappa shape index (κ2) is 10.5. The molecular weight excluding hydrogens is 431 g/mol. The fourth-order valence-electron chi connectivity index (χ4n) is 3.61. The number of nitrogens with zero attached hydrogens (tertiary/aromatic N) is 3. The SMILES string of the molecule is CCc1ccc(N(C(=O)c2cnccn2)[C@H](C(=O)Nc2ccc(F)cc2)c2ccccc2)cc1. The predicted octanol–water partition coefficient (Wildman–Crippen LogP) is 5.20. The standard InChI is InChI=1S/C27H23FN4O2/c1-2-19-8-14-23(15-9-19)32(27(34)24-18-29-16-17-30-24)25(20-6-4-3-5-7-20)26(33)31-22-12-10-21(28)11-13-22/h3-18,25H,2H2,1H3,(H,31,33)/t25-/m0/s1. The smallest absolute Gasteiger partial charge is 0.279 e. The Morgan fingerprint density at radius 1 is 0.941 bits per heavy atom. The van der Waals surface area contributed by atoms with Crippen LogP contribution in [0.1, 0.15) is 34.6 Å². The van der Waals surface area contributed by atoms with E-state index in [0.29, 0.717) is 16.9 Å². The summed E-state index contributed by atoms with van der Waals surface area (Å²) in [6, 6.07) is 20.9. The maximum atomic E-state index is 13.7. The summed E-state index contributed by atoms with van der Waals surface area (Å²) in [5, 5.41) is 2.81. The van der Waals surface area contributed by atoms with Crippen LogP contribution in [0.25, 0.3) is 0 Å². The Labute approximate surface area is 197 Å². The van der Waals surface area contributed by atoms with Crippen LogP contribution in [-0.4, -0.2) is 21.8 Å². The lowest BCUT2D eigenvalue weighted by Gasteiger charge is -2.31. The molecule has 3 aromatic carbocycles. The van der Waals surface area contributed by atoms with Gasteiger partial charge in [0.25, 0.3) is 11.8 Å². The van der Waals surface area contributed by atoms with Crippen molar-refractivity contribution in [3.8, 4) is 0 Å². The van der Waals surface area contributed by atoms with Gasteiger partial charge in [-0.1, -0.05) is 49.4 Å². The number of anilines is 2. The number of carbonyl (C=O) groups is 2. The number of hydrogen-bond donors (Lipinski definition) is 1. The summed E-state index contributed by atoms with van der Waals surface area (Å²) in [5.41, 5.74) is 2.77. The maximum absolute atomic E-state index is 13.7. The molecule has 34 heavy (non-hydrogen) atoms. The molecule has 0 saturated carbocycles. The molecule has 0 spiro atoms. The zero-order valence-corrected chi connectivity index (χ0v) is 18.6. The van der Waals surface area contributed by atoms with Crippen molar-refractivity contribution >= 4 is 23.2 Å². The number of aromatic nitrogens is 2. The van der Waals surface area contributed by atoms with Crippen LogP contribution in [0.2, 0.25) is 0 Å². The molecule has 2 amide bonds. The van der Waals surface area contributed by atoms with Crippen LogP contribution in [0, 0.1) is 5.82 Å². The third kappa shape index (κ3) is 5.15. The lowest BCUT2D eigenvalue weighted by molar-refractivity contribution is -0.117. The number of amides is 2. The van der Waals surface area contributed by atoms with E-state index in [4.69, 9.17) is 0 Å². The van der Waals surface area contributed by atoms with Crippen LogP contribution >= 0.6 is 0 Å². The van der Waals surface area contributed by atoms with E-state index >= 15 is 0 Å². The van der Waals surface area contributed by atoms with Crippen LogP contribution in [0.15, 0.2) is 97.5 Å². The second-order valence-corrected chi connectivity index (χ2v) is 7.60. The van der Waals surface area contributed by atoms with E-state index in [1.165, 1.54) is 47.8 Å². The molecule has 0 fully saturated rings. The van der Waals surface area contributed by atoms with Crippen molar-refractivity contribution < 1.29 is 14.0 Å². The van der Waals surface area contributed by atoms with Gasteiger partial charge in [-0.2, -0.15) is 0 Å². The van der Waals surface area contributed by atoms with Gasteiger partial charge in [0.15, 0.2) is 0 Å². The van der Waals surface area contributed by atoms with Gasteiger partial charge >= 0.3 is 0 Å².